The van der Waals surface area contributed by atoms with Crippen LogP contribution in [0.3, 0.4) is 0 Å². The number of anilines is 2. The van der Waals surface area contributed by atoms with Gasteiger partial charge in [-0.3, -0.25) is 4.79 Å². The van der Waals surface area contributed by atoms with E-state index in [1.807, 2.05) is 37.3 Å². The monoisotopic (exact) mass is 334 g/mol. The zero-order valence-electron chi connectivity index (χ0n) is 11.0. The van der Waals surface area contributed by atoms with Gasteiger partial charge in [0, 0.05) is 10.2 Å². The van der Waals surface area contributed by atoms with E-state index in [0.717, 1.165) is 15.7 Å². The van der Waals surface area contributed by atoms with Gasteiger partial charge >= 0.3 is 0 Å². The molecule has 0 fully saturated rings. The Morgan fingerprint density at radius 2 is 2.05 bits per heavy atom. The number of aryl methyl sites for hydroxylation is 1. The summed E-state index contributed by atoms with van der Waals surface area (Å²) in [7, 11) is 0. The van der Waals surface area contributed by atoms with E-state index in [1.165, 1.54) is 0 Å². The van der Waals surface area contributed by atoms with Crippen LogP contribution in [0.5, 0.6) is 5.75 Å². The fourth-order valence-corrected chi connectivity index (χ4v) is 1.92. The van der Waals surface area contributed by atoms with Crippen molar-refractivity contribution in [2.45, 2.75) is 6.92 Å². The van der Waals surface area contributed by atoms with E-state index in [-0.39, 0.29) is 12.5 Å². The highest BCUT2D eigenvalue weighted by molar-refractivity contribution is 9.10. The molecule has 0 saturated heterocycles. The lowest BCUT2D eigenvalue weighted by Crippen LogP contribution is -2.20. The van der Waals surface area contributed by atoms with Crippen LogP contribution in [0.4, 0.5) is 11.4 Å². The molecular weight excluding hydrogens is 320 g/mol. The predicted molar refractivity (Wildman–Crippen MR) is 83.9 cm³/mol. The summed E-state index contributed by atoms with van der Waals surface area (Å²) < 4.78 is 6.38. The van der Waals surface area contributed by atoms with Gasteiger partial charge in [0.15, 0.2) is 6.61 Å². The van der Waals surface area contributed by atoms with E-state index in [0.29, 0.717) is 11.4 Å². The minimum absolute atomic E-state index is 0.0800. The van der Waals surface area contributed by atoms with Gasteiger partial charge in [0.1, 0.15) is 5.75 Å². The molecule has 104 valence electrons. The van der Waals surface area contributed by atoms with Crippen molar-refractivity contribution in [1.29, 1.82) is 0 Å². The summed E-state index contributed by atoms with van der Waals surface area (Å²) in [5, 5.41) is 2.77. The normalized spacial score (nSPS) is 10.1. The summed E-state index contributed by atoms with van der Waals surface area (Å²) in [6.07, 6.45) is 0. The molecule has 1 amide bonds. The van der Waals surface area contributed by atoms with Gasteiger partial charge in [-0.25, -0.2) is 0 Å². The molecule has 2 rings (SSSR count). The van der Waals surface area contributed by atoms with E-state index >= 15 is 0 Å². The van der Waals surface area contributed by atoms with Gasteiger partial charge in [-0.15, -0.1) is 0 Å². The van der Waals surface area contributed by atoms with Crippen LogP contribution in [0.1, 0.15) is 5.56 Å². The predicted octanol–water partition coefficient (Wildman–Crippen LogP) is 3.36. The fourth-order valence-electron chi connectivity index (χ4n) is 1.67. The van der Waals surface area contributed by atoms with E-state index < -0.39 is 0 Å². The number of hydrogen-bond donors (Lipinski definition) is 2. The molecule has 0 aromatic heterocycles. The second kappa shape index (κ2) is 6.43. The third kappa shape index (κ3) is 3.74. The minimum atomic E-state index is -0.227. The molecule has 0 heterocycles. The van der Waals surface area contributed by atoms with Gasteiger partial charge in [-0.2, -0.15) is 0 Å². The zero-order valence-corrected chi connectivity index (χ0v) is 12.6. The first kappa shape index (κ1) is 14.4. The van der Waals surface area contributed by atoms with E-state index in [1.54, 1.807) is 12.1 Å². The molecule has 0 spiro atoms. The number of nitrogens with one attached hydrogen (secondary N) is 1. The topological polar surface area (TPSA) is 64.3 Å². The Bertz CT molecular complexity index is 629. The van der Waals surface area contributed by atoms with Gasteiger partial charge in [0.2, 0.25) is 0 Å². The average Bonchev–Trinajstić information content (AvgIpc) is 2.42. The molecule has 0 aliphatic heterocycles. The number of carbonyl (C=O) groups excluding carboxylic acids is 1. The third-order valence-corrected chi connectivity index (χ3v) is 3.61. The van der Waals surface area contributed by atoms with Crippen molar-refractivity contribution in [2.24, 2.45) is 0 Å². The molecule has 0 aliphatic carbocycles. The van der Waals surface area contributed by atoms with Crippen molar-refractivity contribution in [2.75, 3.05) is 17.7 Å². The second-order valence-electron chi connectivity index (χ2n) is 4.34. The molecule has 2 aromatic carbocycles. The van der Waals surface area contributed by atoms with Crippen molar-refractivity contribution < 1.29 is 9.53 Å². The molecule has 0 unspecified atom stereocenters. The van der Waals surface area contributed by atoms with Crippen LogP contribution in [0.15, 0.2) is 46.9 Å². The number of amides is 1. The van der Waals surface area contributed by atoms with Gasteiger partial charge in [0.05, 0.1) is 5.69 Å². The average molecular weight is 335 g/mol. The van der Waals surface area contributed by atoms with Crippen molar-refractivity contribution in [1.82, 2.24) is 0 Å². The molecule has 2 aromatic rings. The Morgan fingerprint density at radius 3 is 2.75 bits per heavy atom. The second-order valence-corrected chi connectivity index (χ2v) is 5.19. The number of hydrogen-bond acceptors (Lipinski definition) is 3. The number of nitrogen functional groups attached to an aromatic ring is 1. The van der Waals surface area contributed by atoms with Crippen molar-refractivity contribution >= 4 is 33.2 Å². The lowest BCUT2D eigenvalue weighted by Gasteiger charge is -2.10. The van der Waals surface area contributed by atoms with E-state index in [9.17, 15) is 4.79 Å². The number of carbonyl (C=O) groups is 1. The number of halogens is 1. The Balaban J connectivity index is 1.93. The van der Waals surface area contributed by atoms with Crippen molar-refractivity contribution in [3.05, 3.63) is 52.5 Å². The Kier molecular flexibility index (Phi) is 4.63. The quantitative estimate of drug-likeness (QED) is 0.842. The lowest BCUT2D eigenvalue weighted by atomic mass is 10.2. The maximum atomic E-state index is 11.8. The summed E-state index contributed by atoms with van der Waals surface area (Å²) in [4.78, 5) is 11.8. The molecule has 4 nitrogen and oxygen atoms in total. The summed E-state index contributed by atoms with van der Waals surface area (Å²) in [5.74, 6) is 0.282. The van der Waals surface area contributed by atoms with Gasteiger partial charge in [-0.1, -0.05) is 28.1 Å². The largest absolute Gasteiger partial charge is 0.482 e. The van der Waals surface area contributed by atoms with Gasteiger partial charge in [-0.05, 0) is 42.8 Å². The smallest absolute Gasteiger partial charge is 0.262 e. The minimum Gasteiger partial charge on any atom is -0.482 e. The van der Waals surface area contributed by atoms with Crippen LogP contribution in [-0.4, -0.2) is 12.5 Å². The number of benzene rings is 2. The standard InChI is InChI=1S/C15H15BrN2O2/c1-10-8-11(6-7-12(10)16)18-15(19)9-20-14-5-3-2-4-13(14)17/h2-8H,9,17H2,1H3,(H,18,19). The Hall–Kier alpha value is -2.01. The first-order valence-electron chi connectivity index (χ1n) is 6.09. The van der Waals surface area contributed by atoms with Crippen LogP contribution in [-0.2, 0) is 4.79 Å². The van der Waals surface area contributed by atoms with Gasteiger partial charge in [0.25, 0.3) is 5.91 Å². The number of nitrogens with two attached hydrogens (primary N) is 1. The molecule has 0 bridgehead atoms. The summed E-state index contributed by atoms with van der Waals surface area (Å²) in [6, 6.07) is 12.7. The zero-order chi connectivity index (χ0) is 14.5. The van der Waals surface area contributed by atoms with Crippen LogP contribution < -0.4 is 15.8 Å². The molecule has 0 saturated carbocycles. The van der Waals surface area contributed by atoms with E-state index in [4.69, 9.17) is 10.5 Å². The maximum absolute atomic E-state index is 11.8. The van der Waals surface area contributed by atoms with Gasteiger partial charge < -0.3 is 15.8 Å². The number of ether oxygens (including phenoxy) is 1. The molecule has 3 N–H and O–H groups in total. The number of para-hydroxylation sites is 2. The lowest BCUT2D eigenvalue weighted by molar-refractivity contribution is -0.118. The maximum Gasteiger partial charge on any atom is 0.262 e. The van der Waals surface area contributed by atoms with Crippen molar-refractivity contribution in [3.8, 4) is 5.75 Å². The Morgan fingerprint density at radius 1 is 1.30 bits per heavy atom. The third-order valence-electron chi connectivity index (χ3n) is 2.72. The molecule has 5 heteroatoms. The molecular formula is C15H15BrN2O2. The Labute approximate surface area is 126 Å². The highest BCUT2D eigenvalue weighted by Gasteiger charge is 2.06. The number of rotatable bonds is 4. The molecule has 0 atom stereocenters. The molecule has 20 heavy (non-hydrogen) atoms. The van der Waals surface area contributed by atoms with Crippen LogP contribution in [0.2, 0.25) is 0 Å². The summed E-state index contributed by atoms with van der Waals surface area (Å²) in [5.41, 5.74) is 8.04. The summed E-state index contributed by atoms with van der Waals surface area (Å²) in [6.45, 7) is 1.88. The fraction of sp³-hybridized carbons (Fsp3) is 0.133. The summed E-state index contributed by atoms with van der Waals surface area (Å²) >= 11 is 3.41. The van der Waals surface area contributed by atoms with E-state index in [2.05, 4.69) is 21.2 Å². The molecule has 0 aliphatic rings. The van der Waals surface area contributed by atoms with Crippen LogP contribution in [0.25, 0.3) is 0 Å². The highest BCUT2D eigenvalue weighted by Crippen LogP contribution is 2.21. The van der Waals surface area contributed by atoms with Crippen LogP contribution >= 0.6 is 15.9 Å². The highest BCUT2D eigenvalue weighted by atomic mass is 79.9. The first-order valence-corrected chi connectivity index (χ1v) is 6.89. The SMILES string of the molecule is Cc1cc(NC(=O)COc2ccccc2N)ccc1Br. The first-order chi connectivity index (χ1) is 9.56. The van der Waals surface area contributed by atoms with Crippen LogP contribution in [0, 0.1) is 6.92 Å². The molecule has 0 radical (unpaired) electrons. The van der Waals surface area contributed by atoms with Crippen molar-refractivity contribution in [3.63, 3.8) is 0 Å².